The van der Waals surface area contributed by atoms with E-state index in [-0.39, 0.29) is 12.5 Å². The zero-order chi connectivity index (χ0) is 16.0. The van der Waals surface area contributed by atoms with Crippen LogP contribution in [0.5, 0.6) is 0 Å². The number of anilines is 1. The van der Waals surface area contributed by atoms with Gasteiger partial charge in [0, 0.05) is 24.8 Å². The van der Waals surface area contributed by atoms with Crippen LogP contribution in [0.25, 0.3) is 0 Å². The minimum Gasteiger partial charge on any atom is -0.480 e. The molecule has 0 heterocycles. The predicted molar refractivity (Wildman–Crippen MR) is 78.5 cm³/mol. The molecule has 0 atom stereocenters. The molecule has 21 heavy (non-hydrogen) atoms. The number of amides is 3. The van der Waals surface area contributed by atoms with Crippen LogP contribution in [0.4, 0.5) is 10.5 Å². The Hall–Kier alpha value is -2.28. The molecular formula is C13H16ClN3O4. The van der Waals surface area contributed by atoms with Crippen molar-refractivity contribution in [2.24, 2.45) is 0 Å². The Labute approximate surface area is 127 Å². The lowest BCUT2D eigenvalue weighted by molar-refractivity contribution is -0.135. The normalized spacial score (nSPS) is 9.86. The van der Waals surface area contributed by atoms with Crippen molar-refractivity contribution in [3.8, 4) is 0 Å². The van der Waals surface area contributed by atoms with E-state index in [1.807, 2.05) is 0 Å². The molecule has 0 spiro atoms. The monoisotopic (exact) mass is 313 g/mol. The van der Waals surface area contributed by atoms with Crippen molar-refractivity contribution in [1.82, 2.24) is 10.2 Å². The number of aliphatic carboxylic acids is 1. The van der Waals surface area contributed by atoms with Gasteiger partial charge in [-0.2, -0.15) is 0 Å². The molecule has 1 rings (SSSR count). The first-order chi connectivity index (χ1) is 9.85. The Morgan fingerprint density at radius 1 is 1.19 bits per heavy atom. The number of nitrogens with one attached hydrogen (secondary N) is 1. The maximum atomic E-state index is 12.3. The molecule has 0 aromatic heterocycles. The summed E-state index contributed by atoms with van der Waals surface area (Å²) in [4.78, 5) is 36.7. The van der Waals surface area contributed by atoms with E-state index >= 15 is 0 Å². The van der Waals surface area contributed by atoms with Crippen LogP contribution in [0.2, 0.25) is 5.02 Å². The third-order valence-electron chi connectivity index (χ3n) is 2.65. The summed E-state index contributed by atoms with van der Waals surface area (Å²) in [7, 11) is 2.87. The number of hydrogen-bond acceptors (Lipinski definition) is 3. The first-order valence-corrected chi connectivity index (χ1v) is 6.43. The molecule has 1 aromatic rings. The summed E-state index contributed by atoms with van der Waals surface area (Å²) in [5, 5.41) is 11.8. The number of likely N-dealkylation sites (N-methyl/N-ethyl adjacent to an activating group) is 2. The highest BCUT2D eigenvalue weighted by Crippen LogP contribution is 2.19. The van der Waals surface area contributed by atoms with Gasteiger partial charge in [-0.3, -0.25) is 14.5 Å². The fourth-order valence-electron chi connectivity index (χ4n) is 1.59. The number of benzene rings is 1. The first-order valence-electron chi connectivity index (χ1n) is 6.05. The molecule has 0 bridgehead atoms. The van der Waals surface area contributed by atoms with E-state index in [1.165, 1.54) is 26.2 Å². The fraction of sp³-hybridized carbons (Fsp3) is 0.308. The van der Waals surface area contributed by atoms with Gasteiger partial charge in [0.05, 0.1) is 0 Å². The van der Waals surface area contributed by atoms with Crippen molar-refractivity contribution in [2.45, 2.75) is 0 Å². The van der Waals surface area contributed by atoms with E-state index in [0.29, 0.717) is 10.7 Å². The number of carbonyl (C=O) groups is 3. The van der Waals surface area contributed by atoms with Crippen LogP contribution < -0.4 is 10.2 Å². The zero-order valence-corrected chi connectivity index (χ0v) is 12.4. The summed E-state index contributed by atoms with van der Waals surface area (Å²) in [6, 6.07) is 5.59. The van der Waals surface area contributed by atoms with Crippen molar-refractivity contribution in [3.63, 3.8) is 0 Å². The number of carboxylic acid groups (broad SMARTS) is 1. The SMILES string of the molecule is CNC(=O)CN(C)C(=O)N(CC(=O)O)c1ccc(Cl)cc1. The average molecular weight is 314 g/mol. The Morgan fingerprint density at radius 2 is 1.76 bits per heavy atom. The molecule has 1 aromatic carbocycles. The quantitative estimate of drug-likeness (QED) is 0.849. The zero-order valence-electron chi connectivity index (χ0n) is 11.7. The minimum atomic E-state index is -1.16. The summed E-state index contributed by atoms with van der Waals surface area (Å²) in [5.41, 5.74) is 0.385. The van der Waals surface area contributed by atoms with Crippen LogP contribution in [-0.4, -0.2) is 55.1 Å². The van der Waals surface area contributed by atoms with Crippen LogP contribution in [0, 0.1) is 0 Å². The van der Waals surface area contributed by atoms with Gasteiger partial charge >= 0.3 is 12.0 Å². The van der Waals surface area contributed by atoms with Gasteiger partial charge in [0.2, 0.25) is 5.91 Å². The van der Waals surface area contributed by atoms with Gasteiger partial charge in [-0.1, -0.05) is 11.6 Å². The van der Waals surface area contributed by atoms with Gasteiger partial charge < -0.3 is 15.3 Å². The molecular weight excluding hydrogens is 298 g/mol. The average Bonchev–Trinajstić information content (AvgIpc) is 2.44. The molecule has 0 radical (unpaired) electrons. The van der Waals surface area contributed by atoms with Crippen LogP contribution in [0.15, 0.2) is 24.3 Å². The standard InChI is InChI=1S/C13H16ClN3O4/c1-15-11(18)7-16(2)13(21)17(8-12(19)20)10-5-3-9(14)4-6-10/h3-6H,7-8H2,1-2H3,(H,15,18)(H,19,20). The van der Waals surface area contributed by atoms with Crippen LogP contribution in [0.1, 0.15) is 0 Å². The number of halogens is 1. The number of rotatable bonds is 5. The molecule has 0 aliphatic rings. The van der Waals surface area contributed by atoms with Gasteiger partial charge in [0.25, 0.3) is 0 Å². The third-order valence-corrected chi connectivity index (χ3v) is 2.90. The largest absolute Gasteiger partial charge is 0.480 e. The number of hydrogen-bond donors (Lipinski definition) is 2. The minimum absolute atomic E-state index is 0.168. The van der Waals surface area contributed by atoms with Crippen molar-refractivity contribution >= 4 is 35.2 Å². The van der Waals surface area contributed by atoms with E-state index in [2.05, 4.69) is 5.32 Å². The fourth-order valence-corrected chi connectivity index (χ4v) is 1.72. The maximum Gasteiger partial charge on any atom is 0.325 e. The van der Waals surface area contributed by atoms with Crippen LogP contribution in [-0.2, 0) is 9.59 Å². The lowest BCUT2D eigenvalue weighted by Crippen LogP contribution is -2.47. The summed E-state index contributed by atoms with van der Waals surface area (Å²) in [5.74, 6) is -1.51. The molecule has 0 saturated carbocycles. The van der Waals surface area contributed by atoms with E-state index < -0.39 is 18.5 Å². The molecule has 3 amide bonds. The van der Waals surface area contributed by atoms with Gasteiger partial charge in [-0.05, 0) is 24.3 Å². The second kappa shape index (κ2) is 7.49. The molecule has 0 fully saturated rings. The van der Waals surface area contributed by atoms with E-state index in [1.54, 1.807) is 12.1 Å². The molecule has 0 unspecified atom stereocenters. The topological polar surface area (TPSA) is 90.0 Å². The van der Waals surface area contributed by atoms with Crippen molar-refractivity contribution < 1.29 is 19.5 Å². The van der Waals surface area contributed by atoms with Gasteiger partial charge in [-0.25, -0.2) is 4.79 Å². The number of urea groups is 1. The molecule has 2 N–H and O–H groups in total. The highest BCUT2D eigenvalue weighted by Gasteiger charge is 2.23. The van der Waals surface area contributed by atoms with Gasteiger partial charge in [-0.15, -0.1) is 0 Å². The maximum absolute atomic E-state index is 12.3. The molecule has 0 aliphatic heterocycles. The lowest BCUT2D eigenvalue weighted by Gasteiger charge is -2.26. The van der Waals surface area contributed by atoms with Gasteiger partial charge in [0.1, 0.15) is 13.1 Å². The Morgan fingerprint density at radius 3 is 2.24 bits per heavy atom. The van der Waals surface area contributed by atoms with E-state index in [0.717, 1.165) is 9.80 Å². The highest BCUT2D eigenvalue weighted by atomic mass is 35.5. The van der Waals surface area contributed by atoms with E-state index in [4.69, 9.17) is 16.7 Å². The van der Waals surface area contributed by atoms with Crippen molar-refractivity contribution in [1.29, 1.82) is 0 Å². The molecule has 7 nitrogen and oxygen atoms in total. The Balaban J connectivity index is 2.96. The number of carbonyl (C=O) groups excluding carboxylic acids is 2. The molecule has 0 saturated heterocycles. The summed E-state index contributed by atoms with van der Waals surface area (Å²) in [6.45, 7) is -0.683. The summed E-state index contributed by atoms with van der Waals surface area (Å²) >= 11 is 5.77. The summed E-state index contributed by atoms with van der Waals surface area (Å²) in [6.07, 6.45) is 0. The summed E-state index contributed by atoms with van der Waals surface area (Å²) < 4.78 is 0. The predicted octanol–water partition coefficient (Wildman–Crippen LogP) is 1.03. The Bertz CT molecular complexity index is 533. The van der Waals surface area contributed by atoms with E-state index in [9.17, 15) is 14.4 Å². The molecule has 114 valence electrons. The smallest absolute Gasteiger partial charge is 0.325 e. The lowest BCUT2D eigenvalue weighted by atomic mass is 10.3. The number of nitrogens with zero attached hydrogens (tertiary/aromatic N) is 2. The van der Waals surface area contributed by atoms with Crippen molar-refractivity contribution in [3.05, 3.63) is 29.3 Å². The second-order valence-electron chi connectivity index (χ2n) is 4.27. The van der Waals surface area contributed by atoms with Crippen LogP contribution in [0.3, 0.4) is 0 Å². The van der Waals surface area contributed by atoms with Crippen molar-refractivity contribution in [2.75, 3.05) is 32.1 Å². The molecule has 8 heteroatoms. The Kier molecular flexibility index (Phi) is 5.98. The van der Waals surface area contributed by atoms with Gasteiger partial charge in [0.15, 0.2) is 0 Å². The second-order valence-corrected chi connectivity index (χ2v) is 4.70. The molecule has 0 aliphatic carbocycles. The first kappa shape index (κ1) is 16.8. The third kappa shape index (κ3) is 4.96. The number of carboxylic acids is 1. The highest BCUT2D eigenvalue weighted by molar-refractivity contribution is 6.30. The van der Waals surface area contributed by atoms with Crippen LogP contribution >= 0.6 is 11.6 Å².